The molecule has 0 aliphatic carbocycles. The standard InChI is InChI=1S/C8H8BrI.C2H5NO3/c1-6-2-3-8(10)4-7(6)5-9;1-6-3-2(4)5/h2-4H,5H2,1H3;3H,1H3,(H,4,5). The molecule has 0 aliphatic heterocycles. The number of carbonyl (C=O) groups is 1. The topological polar surface area (TPSA) is 58.6 Å². The molecule has 1 aromatic rings. The van der Waals surface area contributed by atoms with E-state index >= 15 is 0 Å². The van der Waals surface area contributed by atoms with Crippen LogP contribution in [-0.4, -0.2) is 18.3 Å². The summed E-state index contributed by atoms with van der Waals surface area (Å²) >= 11 is 5.76. The van der Waals surface area contributed by atoms with Gasteiger partial charge in [0.1, 0.15) is 0 Å². The number of hydrogen-bond acceptors (Lipinski definition) is 2. The Morgan fingerprint density at radius 1 is 1.62 bits per heavy atom. The second kappa shape index (κ2) is 8.77. The fourth-order valence-corrected chi connectivity index (χ4v) is 2.03. The van der Waals surface area contributed by atoms with Crippen LogP contribution in [0.4, 0.5) is 4.79 Å². The van der Waals surface area contributed by atoms with Crippen molar-refractivity contribution in [1.29, 1.82) is 0 Å². The van der Waals surface area contributed by atoms with Crippen LogP contribution in [0.2, 0.25) is 0 Å². The summed E-state index contributed by atoms with van der Waals surface area (Å²) in [7, 11) is 1.23. The third-order valence-corrected chi connectivity index (χ3v) is 2.92. The van der Waals surface area contributed by atoms with E-state index in [0.717, 1.165) is 5.33 Å². The fraction of sp³-hybridized carbons (Fsp3) is 0.300. The second-order valence-corrected chi connectivity index (χ2v) is 4.62. The van der Waals surface area contributed by atoms with Crippen molar-refractivity contribution >= 4 is 44.6 Å². The number of rotatable bonds is 2. The molecule has 0 saturated carbocycles. The van der Waals surface area contributed by atoms with Crippen LogP contribution in [0.15, 0.2) is 18.2 Å². The Morgan fingerprint density at radius 3 is 2.56 bits per heavy atom. The average molecular weight is 402 g/mol. The van der Waals surface area contributed by atoms with Gasteiger partial charge in [-0.1, -0.05) is 22.0 Å². The van der Waals surface area contributed by atoms with Gasteiger partial charge >= 0.3 is 6.09 Å². The molecule has 0 spiro atoms. The van der Waals surface area contributed by atoms with Gasteiger partial charge in [-0.3, -0.25) is 4.84 Å². The van der Waals surface area contributed by atoms with Crippen LogP contribution in [0.3, 0.4) is 0 Å². The Hall–Kier alpha value is -0.340. The summed E-state index contributed by atoms with van der Waals surface area (Å²) in [6.45, 7) is 2.13. The van der Waals surface area contributed by atoms with Gasteiger partial charge in [-0.15, -0.1) is 0 Å². The monoisotopic (exact) mass is 401 g/mol. The Balaban J connectivity index is 0.000000325. The Labute approximate surface area is 117 Å². The molecule has 0 aliphatic rings. The van der Waals surface area contributed by atoms with Crippen LogP contribution in [0.5, 0.6) is 0 Å². The zero-order chi connectivity index (χ0) is 12.6. The van der Waals surface area contributed by atoms with E-state index in [9.17, 15) is 4.79 Å². The molecule has 0 unspecified atom stereocenters. The van der Waals surface area contributed by atoms with Crippen molar-refractivity contribution in [2.24, 2.45) is 0 Å². The van der Waals surface area contributed by atoms with Crippen LogP contribution >= 0.6 is 38.5 Å². The molecule has 2 N–H and O–H groups in total. The van der Waals surface area contributed by atoms with Crippen LogP contribution < -0.4 is 5.48 Å². The van der Waals surface area contributed by atoms with Crippen molar-refractivity contribution in [3.8, 4) is 0 Å². The molecule has 0 bridgehead atoms. The third-order valence-electron chi connectivity index (χ3n) is 1.64. The summed E-state index contributed by atoms with van der Waals surface area (Å²) in [5.74, 6) is 0. The lowest BCUT2D eigenvalue weighted by atomic mass is 10.1. The molecule has 0 radical (unpaired) electrons. The molecule has 0 fully saturated rings. The Bertz CT molecular complexity index is 347. The van der Waals surface area contributed by atoms with Crippen molar-refractivity contribution in [1.82, 2.24) is 5.48 Å². The minimum Gasteiger partial charge on any atom is -0.464 e. The lowest BCUT2D eigenvalue weighted by Crippen LogP contribution is -2.18. The van der Waals surface area contributed by atoms with Gasteiger partial charge in [-0.05, 0) is 52.8 Å². The van der Waals surface area contributed by atoms with Gasteiger partial charge in [-0.2, -0.15) is 0 Å². The van der Waals surface area contributed by atoms with Crippen molar-refractivity contribution in [2.45, 2.75) is 12.3 Å². The highest BCUT2D eigenvalue weighted by atomic mass is 127. The normalized spacial score (nSPS) is 9.00. The molecule has 0 heterocycles. The molecule has 1 rings (SSSR count). The Morgan fingerprint density at radius 2 is 2.25 bits per heavy atom. The predicted molar refractivity (Wildman–Crippen MR) is 74.7 cm³/mol. The molecule has 0 aromatic heterocycles. The summed E-state index contributed by atoms with van der Waals surface area (Å²) in [5, 5.41) is 8.63. The molecule has 0 atom stereocenters. The van der Waals surface area contributed by atoms with E-state index in [-0.39, 0.29) is 0 Å². The first-order valence-corrected chi connectivity index (χ1v) is 6.54. The third kappa shape index (κ3) is 7.02. The maximum absolute atomic E-state index is 9.36. The average Bonchev–Trinajstić information content (AvgIpc) is 2.22. The van der Waals surface area contributed by atoms with E-state index in [1.165, 1.54) is 21.8 Å². The van der Waals surface area contributed by atoms with E-state index in [1.54, 1.807) is 5.48 Å². The minimum atomic E-state index is -1.18. The summed E-state index contributed by atoms with van der Waals surface area (Å²) in [6.07, 6.45) is -1.18. The number of hydrogen-bond donors (Lipinski definition) is 2. The quantitative estimate of drug-likeness (QED) is 0.454. The highest BCUT2D eigenvalue weighted by Crippen LogP contribution is 2.15. The number of nitrogens with one attached hydrogen (secondary N) is 1. The molecule has 6 heteroatoms. The lowest BCUT2D eigenvalue weighted by Gasteiger charge is -2.00. The summed E-state index contributed by atoms with van der Waals surface area (Å²) in [4.78, 5) is 13.3. The molecule has 1 aromatic carbocycles. The second-order valence-electron chi connectivity index (χ2n) is 2.82. The summed E-state index contributed by atoms with van der Waals surface area (Å²) in [6, 6.07) is 6.48. The summed E-state index contributed by atoms with van der Waals surface area (Å²) < 4.78 is 1.30. The molecule has 0 saturated heterocycles. The zero-order valence-corrected chi connectivity index (χ0v) is 12.7. The molecule has 90 valence electrons. The fourth-order valence-electron chi connectivity index (χ4n) is 0.871. The highest BCUT2D eigenvalue weighted by molar-refractivity contribution is 14.1. The first-order chi connectivity index (χ1) is 7.51. The van der Waals surface area contributed by atoms with Crippen molar-refractivity contribution in [3.63, 3.8) is 0 Å². The molecule has 1 amide bonds. The van der Waals surface area contributed by atoms with Gasteiger partial charge in [0.15, 0.2) is 0 Å². The minimum absolute atomic E-state index is 0.954. The largest absolute Gasteiger partial charge is 0.464 e. The number of aryl methyl sites for hydroxylation is 1. The van der Waals surface area contributed by atoms with E-state index < -0.39 is 6.09 Å². The molecular weight excluding hydrogens is 389 g/mol. The first-order valence-electron chi connectivity index (χ1n) is 4.34. The molecule has 4 nitrogen and oxygen atoms in total. The lowest BCUT2D eigenvalue weighted by molar-refractivity contribution is 0.0805. The van der Waals surface area contributed by atoms with Gasteiger partial charge in [0, 0.05) is 8.90 Å². The molecular formula is C10H13BrINO3. The predicted octanol–water partition coefficient (Wildman–Crippen LogP) is 3.31. The number of hydroxylamine groups is 1. The highest BCUT2D eigenvalue weighted by Gasteiger charge is 1.95. The summed E-state index contributed by atoms with van der Waals surface area (Å²) in [5.41, 5.74) is 4.36. The van der Waals surface area contributed by atoms with E-state index in [0.29, 0.717) is 0 Å². The number of carboxylic acid groups (broad SMARTS) is 1. The number of benzene rings is 1. The zero-order valence-electron chi connectivity index (χ0n) is 8.96. The van der Waals surface area contributed by atoms with Crippen LogP contribution in [-0.2, 0) is 10.2 Å². The van der Waals surface area contributed by atoms with Crippen molar-refractivity contribution < 1.29 is 14.7 Å². The smallest absolute Gasteiger partial charge is 0.428 e. The number of halogens is 2. The molecule has 16 heavy (non-hydrogen) atoms. The van der Waals surface area contributed by atoms with Crippen LogP contribution in [0.25, 0.3) is 0 Å². The van der Waals surface area contributed by atoms with E-state index in [1.807, 2.05) is 0 Å². The van der Waals surface area contributed by atoms with Gasteiger partial charge in [0.05, 0.1) is 7.11 Å². The first kappa shape index (κ1) is 15.7. The van der Waals surface area contributed by atoms with Gasteiger partial charge in [0.2, 0.25) is 0 Å². The van der Waals surface area contributed by atoms with Gasteiger partial charge in [-0.25, -0.2) is 10.3 Å². The number of amides is 1. The SMILES string of the molecule is CONC(=O)O.Cc1ccc(I)cc1CBr. The van der Waals surface area contributed by atoms with E-state index in [2.05, 4.69) is 68.5 Å². The van der Waals surface area contributed by atoms with Crippen LogP contribution in [0.1, 0.15) is 11.1 Å². The number of alkyl halides is 1. The Kier molecular flexibility index (Phi) is 8.58. The van der Waals surface area contributed by atoms with Crippen LogP contribution in [0, 0.1) is 10.5 Å². The van der Waals surface area contributed by atoms with Crippen molar-refractivity contribution in [3.05, 3.63) is 32.9 Å². The van der Waals surface area contributed by atoms with Crippen molar-refractivity contribution in [2.75, 3.05) is 7.11 Å². The maximum atomic E-state index is 9.36. The maximum Gasteiger partial charge on any atom is 0.428 e. The van der Waals surface area contributed by atoms with Gasteiger partial charge < -0.3 is 5.11 Å². The van der Waals surface area contributed by atoms with E-state index in [4.69, 9.17) is 5.11 Å². The van der Waals surface area contributed by atoms with Gasteiger partial charge in [0.25, 0.3) is 0 Å².